The third-order valence-electron chi connectivity index (χ3n) is 9.26. The van der Waals surface area contributed by atoms with Crippen molar-refractivity contribution < 1.29 is 26.4 Å². The number of benzene rings is 1. The predicted molar refractivity (Wildman–Crippen MR) is 165 cm³/mol. The third kappa shape index (κ3) is 5.45. The van der Waals surface area contributed by atoms with Crippen molar-refractivity contribution in [2.45, 2.75) is 75.4 Å². The Morgan fingerprint density at radius 2 is 1.87 bits per heavy atom. The van der Waals surface area contributed by atoms with Crippen LogP contribution in [0.1, 0.15) is 68.4 Å². The molecule has 0 amide bonds. The van der Waals surface area contributed by atoms with Crippen molar-refractivity contribution in [2.75, 3.05) is 12.1 Å². The molecule has 1 fully saturated rings. The van der Waals surface area contributed by atoms with Gasteiger partial charge in [-0.15, -0.1) is 5.10 Å². The Morgan fingerprint density at radius 3 is 2.52 bits per heavy atom. The van der Waals surface area contributed by atoms with Crippen molar-refractivity contribution in [3.05, 3.63) is 88.8 Å². The highest BCUT2D eigenvalue weighted by Gasteiger charge is 2.53. The molecule has 244 valence electrons. The van der Waals surface area contributed by atoms with Crippen molar-refractivity contribution in [1.82, 2.24) is 29.7 Å². The summed E-state index contributed by atoms with van der Waals surface area (Å²) < 4.78 is 74.3. The fraction of sp³-hybridized carbons (Fsp3) is 0.438. The molecule has 1 saturated carbocycles. The molecule has 1 N–H and O–H groups in total. The number of anilines is 1. The number of aryl methyl sites for hydroxylation is 1. The highest BCUT2D eigenvalue weighted by atomic mass is 32.2. The van der Waals surface area contributed by atoms with E-state index in [9.17, 15) is 17.6 Å². The number of sulfonamides is 1. The molecule has 2 aromatic heterocycles. The minimum Gasteiger partial charge on any atom is -0.291 e. The van der Waals surface area contributed by atoms with Gasteiger partial charge < -0.3 is 0 Å². The molecule has 3 aliphatic rings. The number of carbonyl (C=O) groups excluding carboxylic acids is 1. The molecule has 0 radical (unpaired) electrons. The Kier molecular flexibility index (Phi) is 8.18. The van der Waals surface area contributed by atoms with Crippen LogP contribution in [0.5, 0.6) is 0 Å². The normalized spacial score (nSPS) is 22.9. The molecule has 14 heteroatoms. The fourth-order valence-electron chi connectivity index (χ4n) is 7.20. The standard InChI is InChI=1S/C32H36F3N7O3S/c1-20(2)42(46(44,45)29-19-38-40(4)39-29)26-8-5-22-16-28(41(36-3)25-9-6-24(33)7-10-25)21-11-13-32(34,35)23-12-14-37-27(15-23)30(43)31(22,17-21)18-26/h6-7,9-10,12,14-16,19-20,26,36H,5,8,11,13,17-18H2,1-4H3/t26-,31-/m0/s1. The molecule has 0 saturated heterocycles. The molecule has 46 heavy (non-hydrogen) atoms. The number of ketones is 1. The number of rotatable bonds is 7. The first kappa shape index (κ1) is 32.1. The first-order valence-electron chi connectivity index (χ1n) is 15.2. The van der Waals surface area contributed by atoms with Gasteiger partial charge in [0.15, 0.2) is 5.78 Å². The second-order valence-electron chi connectivity index (χ2n) is 12.4. The average Bonchev–Trinajstić information content (AvgIpc) is 3.47. The maximum atomic E-state index is 15.6. The Bertz CT molecular complexity index is 1840. The van der Waals surface area contributed by atoms with Crippen molar-refractivity contribution in [3.63, 3.8) is 0 Å². The van der Waals surface area contributed by atoms with Gasteiger partial charge >= 0.3 is 0 Å². The molecule has 0 aliphatic heterocycles. The molecule has 1 spiro atoms. The first-order chi connectivity index (χ1) is 21.8. The van der Waals surface area contributed by atoms with E-state index >= 15 is 8.78 Å². The minimum atomic E-state index is -4.10. The molecule has 1 aromatic carbocycles. The number of Topliss-reactive ketones (excluding diaryl/α,β-unsaturated/α-hetero) is 1. The van der Waals surface area contributed by atoms with Crippen LogP contribution in [0.25, 0.3) is 0 Å². The molecule has 3 aromatic rings. The van der Waals surface area contributed by atoms with Crippen LogP contribution in [0.4, 0.5) is 18.9 Å². The van der Waals surface area contributed by atoms with Gasteiger partial charge in [-0.1, -0.05) is 5.57 Å². The van der Waals surface area contributed by atoms with Crippen LogP contribution in [0, 0.1) is 11.2 Å². The van der Waals surface area contributed by atoms with E-state index in [4.69, 9.17) is 0 Å². The summed E-state index contributed by atoms with van der Waals surface area (Å²) in [7, 11) is -0.884. The van der Waals surface area contributed by atoms with Crippen LogP contribution in [-0.4, -0.2) is 57.6 Å². The Balaban J connectivity index is 1.51. The Morgan fingerprint density at radius 1 is 1.13 bits per heavy atom. The molecule has 10 nitrogen and oxygen atoms in total. The lowest BCUT2D eigenvalue weighted by molar-refractivity contribution is -0.0140. The zero-order valence-electron chi connectivity index (χ0n) is 26.0. The van der Waals surface area contributed by atoms with E-state index in [2.05, 4.69) is 20.6 Å². The smallest absolute Gasteiger partial charge is 0.273 e. The highest BCUT2D eigenvalue weighted by molar-refractivity contribution is 7.89. The number of nitrogens with one attached hydrogen (secondary N) is 1. The molecule has 6 rings (SSSR count). The number of hydrogen-bond donors (Lipinski definition) is 1. The number of hydrogen-bond acceptors (Lipinski definition) is 8. The van der Waals surface area contributed by atoms with Gasteiger partial charge in [-0.2, -0.15) is 14.2 Å². The monoisotopic (exact) mass is 655 g/mol. The van der Waals surface area contributed by atoms with E-state index in [1.54, 1.807) is 38.0 Å². The SMILES string of the molecule is CNN(C1=C2CCC(F)(F)c3ccnc(c3)C(=O)[C@@]3(C2)C[C@@H](N(C(C)C)S(=O)(=O)c2cnn(C)n2)CCC3=C1)c1ccc(F)cc1. The summed E-state index contributed by atoms with van der Waals surface area (Å²) in [5, 5.41) is 9.54. The number of fused-ring (bicyclic) bond motifs is 3. The van der Waals surface area contributed by atoms with Gasteiger partial charge in [-0.05, 0) is 94.0 Å². The maximum Gasteiger partial charge on any atom is 0.273 e. The van der Waals surface area contributed by atoms with Crippen molar-refractivity contribution >= 4 is 21.5 Å². The molecule has 2 atom stereocenters. The second kappa shape index (κ2) is 11.7. The Hall–Kier alpha value is -3.88. The van der Waals surface area contributed by atoms with Crippen LogP contribution in [-0.2, 0) is 23.0 Å². The average molecular weight is 656 g/mol. The van der Waals surface area contributed by atoms with Crippen LogP contribution in [0.2, 0.25) is 0 Å². The number of pyridine rings is 1. The lowest BCUT2D eigenvalue weighted by atomic mass is 9.59. The summed E-state index contributed by atoms with van der Waals surface area (Å²) in [6, 6.07) is 7.15. The van der Waals surface area contributed by atoms with Crippen LogP contribution in [0.3, 0.4) is 0 Å². The highest BCUT2D eigenvalue weighted by Crippen LogP contribution is 2.54. The second-order valence-corrected chi connectivity index (χ2v) is 14.2. The van der Waals surface area contributed by atoms with E-state index in [0.29, 0.717) is 29.8 Å². The summed E-state index contributed by atoms with van der Waals surface area (Å²) in [5.41, 5.74) is 4.08. The zero-order valence-corrected chi connectivity index (χ0v) is 26.9. The predicted octanol–water partition coefficient (Wildman–Crippen LogP) is 5.28. The number of carbonyl (C=O) groups is 1. The van der Waals surface area contributed by atoms with Crippen LogP contribution in [0.15, 0.2) is 76.7 Å². The van der Waals surface area contributed by atoms with E-state index in [1.807, 2.05) is 6.08 Å². The quantitative estimate of drug-likeness (QED) is 0.342. The summed E-state index contributed by atoms with van der Waals surface area (Å²) in [6.45, 7) is 3.55. The topological polar surface area (TPSA) is 113 Å². The third-order valence-corrected chi connectivity index (χ3v) is 11.3. The van der Waals surface area contributed by atoms with E-state index in [1.165, 1.54) is 52.8 Å². The molecule has 2 heterocycles. The number of allylic oxidation sites excluding steroid dienone is 3. The summed E-state index contributed by atoms with van der Waals surface area (Å²) in [4.78, 5) is 20.1. The van der Waals surface area contributed by atoms with Gasteiger partial charge in [0.1, 0.15) is 11.5 Å². The van der Waals surface area contributed by atoms with Crippen molar-refractivity contribution in [3.8, 4) is 0 Å². The summed E-state index contributed by atoms with van der Waals surface area (Å²) in [5.74, 6) is -4.06. The fourth-order valence-corrected chi connectivity index (χ4v) is 8.94. The number of alkyl halides is 2. The van der Waals surface area contributed by atoms with Gasteiger partial charge in [0.05, 0.1) is 23.0 Å². The van der Waals surface area contributed by atoms with E-state index in [-0.39, 0.29) is 35.5 Å². The molecule has 0 unspecified atom stereocenters. The lowest BCUT2D eigenvalue weighted by Gasteiger charge is -2.49. The van der Waals surface area contributed by atoms with Gasteiger partial charge in [-0.25, -0.2) is 27.0 Å². The number of hydrazine groups is 1. The number of aromatic nitrogens is 4. The van der Waals surface area contributed by atoms with Crippen molar-refractivity contribution in [1.29, 1.82) is 0 Å². The van der Waals surface area contributed by atoms with E-state index in [0.717, 1.165) is 5.57 Å². The summed E-state index contributed by atoms with van der Waals surface area (Å²) >= 11 is 0. The van der Waals surface area contributed by atoms with E-state index < -0.39 is 51.5 Å². The van der Waals surface area contributed by atoms with Gasteiger partial charge in [0.2, 0.25) is 5.03 Å². The largest absolute Gasteiger partial charge is 0.291 e. The van der Waals surface area contributed by atoms with Crippen molar-refractivity contribution in [2.24, 2.45) is 12.5 Å². The molecule has 3 aliphatic carbocycles. The molecular formula is C32H36F3N7O3S. The maximum absolute atomic E-state index is 15.6. The Labute approximate surface area is 266 Å². The lowest BCUT2D eigenvalue weighted by Crippen LogP contribution is -2.52. The van der Waals surface area contributed by atoms with Gasteiger partial charge in [-0.3, -0.25) is 14.8 Å². The van der Waals surface area contributed by atoms with Crippen LogP contribution < -0.4 is 10.4 Å². The number of halogens is 3. The van der Waals surface area contributed by atoms with Crippen LogP contribution >= 0.6 is 0 Å². The first-order valence-corrected chi connectivity index (χ1v) is 16.7. The minimum absolute atomic E-state index is 0.0331. The molecule has 4 bridgehead atoms. The molecular weight excluding hydrogens is 619 g/mol. The van der Waals surface area contributed by atoms with Gasteiger partial charge in [0.25, 0.3) is 15.9 Å². The zero-order chi connectivity index (χ0) is 33.0. The number of nitrogens with zero attached hydrogens (tertiary/aromatic N) is 6. The summed E-state index contributed by atoms with van der Waals surface area (Å²) in [6.07, 6.45) is 4.79. The van der Waals surface area contributed by atoms with Gasteiger partial charge in [0, 0.05) is 44.4 Å².